The molecule has 2 atom stereocenters. The van der Waals surface area contributed by atoms with E-state index in [9.17, 15) is 4.79 Å². The lowest BCUT2D eigenvalue weighted by Crippen LogP contribution is -2.27. The Morgan fingerprint density at radius 2 is 1.69 bits per heavy atom. The van der Waals surface area contributed by atoms with Crippen LogP contribution in [-0.4, -0.2) is 19.0 Å². The summed E-state index contributed by atoms with van der Waals surface area (Å²) in [5, 5.41) is 0. The zero-order valence-electron chi connectivity index (χ0n) is 16.3. The lowest BCUT2D eigenvalue weighted by Gasteiger charge is -2.33. The van der Waals surface area contributed by atoms with Gasteiger partial charge in [-0.25, -0.2) is 0 Å². The Balaban J connectivity index is 1.73. The van der Waals surface area contributed by atoms with Gasteiger partial charge in [0.05, 0.1) is 0 Å². The van der Waals surface area contributed by atoms with Crippen LogP contribution in [0.2, 0.25) is 0 Å². The van der Waals surface area contributed by atoms with Crippen molar-refractivity contribution in [2.24, 2.45) is 17.7 Å². The molecule has 4 heteroatoms. The number of carbonyl (C=O) groups excluding carboxylic acids is 1. The summed E-state index contributed by atoms with van der Waals surface area (Å²) < 4.78 is 5.47. The minimum absolute atomic E-state index is 0.0534. The number of rotatable bonds is 6. The van der Waals surface area contributed by atoms with E-state index < -0.39 is 0 Å². The van der Waals surface area contributed by atoms with E-state index in [-0.39, 0.29) is 5.92 Å². The van der Waals surface area contributed by atoms with Gasteiger partial charge in [-0.15, -0.1) is 0 Å². The number of ketones is 1. The quantitative estimate of drug-likeness (QED) is 0.768. The minimum Gasteiger partial charge on any atom is -0.412 e. The molecule has 0 bridgehead atoms. The van der Waals surface area contributed by atoms with Gasteiger partial charge in [0.2, 0.25) is 0 Å². The number of hydrogen-bond donors (Lipinski definition) is 1. The van der Waals surface area contributed by atoms with E-state index in [0.717, 1.165) is 64.1 Å². The van der Waals surface area contributed by atoms with Crippen LogP contribution in [0.25, 0.3) is 0 Å². The normalized spacial score (nSPS) is 24.7. The van der Waals surface area contributed by atoms with Gasteiger partial charge in [-0.3, -0.25) is 4.79 Å². The molecule has 0 aromatic heterocycles. The molecular weight excluding hydrogens is 326 g/mol. The van der Waals surface area contributed by atoms with Gasteiger partial charge in [0.15, 0.2) is 0 Å². The van der Waals surface area contributed by atoms with Gasteiger partial charge in [-0.1, -0.05) is 13.8 Å². The maximum atomic E-state index is 13.1. The third-order valence-electron chi connectivity index (χ3n) is 6.32. The molecule has 2 N–H and O–H groups in total. The van der Waals surface area contributed by atoms with E-state index in [1.807, 2.05) is 12.1 Å². The third kappa shape index (κ3) is 4.29. The van der Waals surface area contributed by atoms with Gasteiger partial charge < -0.3 is 9.57 Å². The van der Waals surface area contributed by atoms with E-state index in [0.29, 0.717) is 17.5 Å². The highest BCUT2D eigenvalue weighted by Gasteiger charge is 2.33. The number of ether oxygens (including phenoxy) is 1. The molecule has 0 radical (unpaired) electrons. The van der Waals surface area contributed by atoms with Gasteiger partial charge >= 0.3 is 0 Å². The number of Topliss-reactive ketones (excluding diaryl/α,β-unsaturated/α-hetero) is 1. The molecule has 4 nitrogen and oxygen atoms in total. The molecule has 144 valence electrons. The summed E-state index contributed by atoms with van der Waals surface area (Å²) >= 11 is 0. The average molecular weight is 360 g/mol. The van der Waals surface area contributed by atoms with Crippen molar-refractivity contribution in [2.45, 2.75) is 71.1 Å². The fraction of sp³-hybridized carbons (Fsp3) is 0.682. The van der Waals surface area contributed by atoms with E-state index in [4.69, 9.17) is 15.5 Å². The van der Waals surface area contributed by atoms with Crippen LogP contribution in [0.4, 0.5) is 0 Å². The SMILES string of the molecule is CCc1cc(ON)cc(CC)c1C1CCC(CC2CCOCC2)CC1=O. The van der Waals surface area contributed by atoms with Crippen molar-refractivity contribution >= 4 is 5.78 Å². The molecule has 1 saturated heterocycles. The number of aryl methyl sites for hydroxylation is 2. The highest BCUT2D eigenvalue weighted by Crippen LogP contribution is 2.40. The maximum absolute atomic E-state index is 13.1. The summed E-state index contributed by atoms with van der Waals surface area (Å²) in [5.41, 5.74) is 3.68. The largest absolute Gasteiger partial charge is 0.412 e. The summed E-state index contributed by atoms with van der Waals surface area (Å²) in [7, 11) is 0. The van der Waals surface area contributed by atoms with Crippen molar-refractivity contribution < 1.29 is 14.4 Å². The van der Waals surface area contributed by atoms with Crippen molar-refractivity contribution in [2.75, 3.05) is 13.2 Å². The van der Waals surface area contributed by atoms with Crippen molar-refractivity contribution in [3.05, 3.63) is 28.8 Å². The Morgan fingerprint density at radius 1 is 1.04 bits per heavy atom. The summed E-state index contributed by atoms with van der Waals surface area (Å²) in [6.45, 7) is 6.06. The van der Waals surface area contributed by atoms with E-state index in [1.54, 1.807) is 0 Å². The predicted molar refractivity (Wildman–Crippen MR) is 103 cm³/mol. The first-order chi connectivity index (χ1) is 12.7. The Kier molecular flexibility index (Phi) is 6.71. The second kappa shape index (κ2) is 9.01. The van der Waals surface area contributed by atoms with Crippen LogP contribution >= 0.6 is 0 Å². The number of hydrogen-bond acceptors (Lipinski definition) is 4. The van der Waals surface area contributed by atoms with Crippen LogP contribution in [0.15, 0.2) is 12.1 Å². The zero-order chi connectivity index (χ0) is 18.5. The first kappa shape index (κ1) is 19.4. The zero-order valence-corrected chi connectivity index (χ0v) is 16.3. The van der Waals surface area contributed by atoms with Crippen molar-refractivity contribution in [3.63, 3.8) is 0 Å². The maximum Gasteiger partial charge on any atom is 0.147 e. The molecule has 26 heavy (non-hydrogen) atoms. The highest BCUT2D eigenvalue weighted by atomic mass is 16.6. The average Bonchev–Trinajstić information content (AvgIpc) is 2.68. The first-order valence-corrected chi connectivity index (χ1v) is 10.3. The van der Waals surface area contributed by atoms with Gasteiger partial charge in [-0.2, -0.15) is 5.90 Å². The van der Waals surface area contributed by atoms with Gasteiger partial charge in [0.25, 0.3) is 0 Å². The van der Waals surface area contributed by atoms with E-state index >= 15 is 0 Å². The van der Waals surface area contributed by atoms with Crippen LogP contribution < -0.4 is 10.7 Å². The fourth-order valence-electron chi connectivity index (χ4n) is 4.90. The van der Waals surface area contributed by atoms with Gasteiger partial charge in [0, 0.05) is 25.6 Å². The highest BCUT2D eigenvalue weighted by molar-refractivity contribution is 5.87. The molecule has 0 spiro atoms. The lowest BCUT2D eigenvalue weighted by molar-refractivity contribution is -0.123. The molecule has 3 rings (SSSR count). The van der Waals surface area contributed by atoms with Gasteiger partial charge in [-0.05, 0) is 85.6 Å². The topological polar surface area (TPSA) is 61.6 Å². The van der Waals surface area contributed by atoms with Crippen LogP contribution in [-0.2, 0) is 22.4 Å². The fourth-order valence-corrected chi connectivity index (χ4v) is 4.90. The Labute approximate surface area is 157 Å². The second-order valence-electron chi connectivity index (χ2n) is 7.94. The van der Waals surface area contributed by atoms with Crippen LogP contribution in [0.5, 0.6) is 5.75 Å². The van der Waals surface area contributed by atoms with Crippen molar-refractivity contribution in [1.82, 2.24) is 0 Å². The van der Waals surface area contributed by atoms with Crippen molar-refractivity contribution in [3.8, 4) is 5.75 Å². The first-order valence-electron chi connectivity index (χ1n) is 10.3. The molecule has 1 heterocycles. The molecule has 1 aromatic carbocycles. The molecule has 2 aliphatic rings. The number of carbonyl (C=O) groups is 1. The smallest absolute Gasteiger partial charge is 0.147 e. The summed E-state index contributed by atoms with van der Waals surface area (Å²) in [4.78, 5) is 18.0. The summed E-state index contributed by atoms with van der Waals surface area (Å²) in [5.74, 6) is 7.87. The Morgan fingerprint density at radius 3 is 2.23 bits per heavy atom. The molecule has 1 aromatic rings. The molecule has 1 saturated carbocycles. The Hall–Kier alpha value is -1.39. The predicted octanol–water partition coefficient (Wildman–Crippen LogP) is 4.33. The molecule has 2 fully saturated rings. The van der Waals surface area contributed by atoms with Gasteiger partial charge in [0.1, 0.15) is 11.5 Å². The number of benzene rings is 1. The van der Waals surface area contributed by atoms with Crippen molar-refractivity contribution in [1.29, 1.82) is 0 Å². The summed E-state index contributed by atoms with van der Waals surface area (Å²) in [6, 6.07) is 4.02. The summed E-state index contributed by atoms with van der Waals surface area (Å²) in [6.07, 6.45) is 8.20. The standard InChI is InChI=1S/C22H33NO3/c1-3-17-13-19(26-23)14-18(4-2)22(17)20-6-5-16(12-21(20)24)11-15-7-9-25-10-8-15/h13-16,20H,3-12,23H2,1-2H3. The monoisotopic (exact) mass is 359 g/mol. The molecule has 1 aliphatic heterocycles. The van der Waals surface area contributed by atoms with Crippen LogP contribution in [0, 0.1) is 11.8 Å². The third-order valence-corrected chi connectivity index (χ3v) is 6.32. The second-order valence-corrected chi connectivity index (χ2v) is 7.94. The molecule has 1 aliphatic carbocycles. The minimum atomic E-state index is 0.0534. The van der Waals surface area contributed by atoms with Crippen LogP contribution in [0.3, 0.4) is 0 Å². The lowest BCUT2D eigenvalue weighted by atomic mass is 9.72. The Bertz CT molecular complexity index is 597. The van der Waals surface area contributed by atoms with Crippen LogP contribution in [0.1, 0.15) is 75.0 Å². The molecule has 0 amide bonds. The van der Waals surface area contributed by atoms with E-state index in [1.165, 1.54) is 23.1 Å². The molecular formula is C22H33NO3. The van der Waals surface area contributed by atoms with E-state index in [2.05, 4.69) is 13.8 Å². The molecule has 2 unspecified atom stereocenters. The number of nitrogens with two attached hydrogens (primary N) is 1.